The normalized spacial score (nSPS) is 12.6. The van der Waals surface area contributed by atoms with Gasteiger partial charge in [0, 0.05) is 15.6 Å². The van der Waals surface area contributed by atoms with Crippen molar-refractivity contribution in [2.45, 2.75) is 5.56 Å². The second-order valence-electron chi connectivity index (χ2n) is 2.32. The predicted molar refractivity (Wildman–Crippen MR) is 60.0 cm³/mol. The molecule has 1 atom stereocenters. The molecule has 13 heavy (non-hydrogen) atoms. The summed E-state index contributed by atoms with van der Waals surface area (Å²) in [6.07, 6.45) is 0. The van der Waals surface area contributed by atoms with Gasteiger partial charge in [-0.15, -0.1) is 0 Å². The monoisotopic (exact) mass is 254 g/mol. The Bertz CT molecular complexity index is 338. The van der Waals surface area contributed by atoms with Crippen LogP contribution in [0.25, 0.3) is 0 Å². The number of aliphatic hydroxyl groups is 1. The Morgan fingerprint density at radius 2 is 2.00 bits per heavy atom. The fourth-order valence-corrected chi connectivity index (χ4v) is 1.55. The van der Waals surface area contributed by atoms with Crippen LogP contribution < -0.4 is 0 Å². The highest BCUT2D eigenvalue weighted by atomic mass is 35.5. The predicted octanol–water partition coefficient (Wildman–Crippen LogP) is 3.27. The van der Waals surface area contributed by atoms with E-state index >= 15 is 0 Å². The molecule has 0 saturated heterocycles. The molecule has 0 aliphatic heterocycles. The van der Waals surface area contributed by atoms with E-state index in [1.165, 1.54) is 0 Å². The van der Waals surface area contributed by atoms with Crippen LogP contribution in [0.5, 0.6) is 0 Å². The van der Waals surface area contributed by atoms with Gasteiger partial charge in [0.1, 0.15) is 0 Å². The Morgan fingerprint density at radius 1 is 1.38 bits per heavy atom. The molecule has 1 N–H and O–H groups in total. The Labute approximate surface area is 96.2 Å². The van der Waals surface area contributed by atoms with Crippen molar-refractivity contribution in [1.82, 2.24) is 0 Å². The lowest BCUT2D eigenvalue weighted by Crippen LogP contribution is -2.12. The average Bonchev–Trinajstić information content (AvgIpc) is 2.08. The third kappa shape index (κ3) is 2.79. The third-order valence-electron chi connectivity index (χ3n) is 1.41. The Balaban J connectivity index is 3.13. The highest BCUT2D eigenvalue weighted by Gasteiger charge is 2.12. The number of aliphatic hydroxyl groups excluding tert-OH is 1. The van der Waals surface area contributed by atoms with Crippen LogP contribution in [0, 0.1) is 0 Å². The summed E-state index contributed by atoms with van der Waals surface area (Å²) in [4.78, 5) is 0.175. The van der Waals surface area contributed by atoms with Crippen LogP contribution in [-0.2, 0) is 0 Å². The zero-order chi connectivity index (χ0) is 10.0. The standard InChI is InChI=1S/C8H5Cl3OS/c9-4-1-2-6(10)5(3-4)7(13)8(11)12/h1-3,8,12H. The van der Waals surface area contributed by atoms with E-state index in [4.69, 9.17) is 52.1 Å². The minimum atomic E-state index is -1.22. The fraction of sp³-hybridized carbons (Fsp3) is 0.125. The maximum absolute atomic E-state index is 9.01. The largest absolute Gasteiger partial charge is 0.373 e. The maximum atomic E-state index is 9.01. The minimum Gasteiger partial charge on any atom is -0.373 e. The van der Waals surface area contributed by atoms with Crippen molar-refractivity contribution in [3.63, 3.8) is 0 Å². The number of thiocarbonyl (C=S) groups is 1. The van der Waals surface area contributed by atoms with E-state index < -0.39 is 5.56 Å². The highest BCUT2D eigenvalue weighted by Crippen LogP contribution is 2.23. The molecule has 5 heteroatoms. The molecule has 0 saturated carbocycles. The first-order valence-corrected chi connectivity index (χ1v) is 4.94. The van der Waals surface area contributed by atoms with Gasteiger partial charge in [0.15, 0.2) is 5.56 Å². The Morgan fingerprint density at radius 3 is 2.54 bits per heavy atom. The zero-order valence-electron chi connectivity index (χ0n) is 6.30. The number of alkyl halides is 1. The number of hydrogen-bond donors (Lipinski definition) is 1. The maximum Gasteiger partial charge on any atom is 0.164 e. The van der Waals surface area contributed by atoms with Gasteiger partial charge in [-0.05, 0) is 18.2 Å². The van der Waals surface area contributed by atoms with Gasteiger partial charge in [-0.1, -0.05) is 47.0 Å². The SMILES string of the molecule is OC(Cl)C(=S)c1cc(Cl)ccc1Cl. The van der Waals surface area contributed by atoms with Crippen molar-refractivity contribution in [3.8, 4) is 0 Å². The summed E-state index contributed by atoms with van der Waals surface area (Å²) in [7, 11) is 0. The smallest absolute Gasteiger partial charge is 0.164 e. The summed E-state index contributed by atoms with van der Waals surface area (Å²) in [6, 6.07) is 4.80. The number of halogens is 3. The second-order valence-corrected chi connectivity index (χ2v) is 4.02. The molecule has 1 aromatic carbocycles. The number of hydrogen-bond acceptors (Lipinski definition) is 2. The van der Waals surface area contributed by atoms with Crippen molar-refractivity contribution in [2.75, 3.05) is 0 Å². The molecule has 0 bridgehead atoms. The van der Waals surface area contributed by atoms with Crippen LogP contribution in [0.1, 0.15) is 5.56 Å². The molecular formula is C8H5Cl3OS. The first kappa shape index (κ1) is 11.2. The van der Waals surface area contributed by atoms with Crippen LogP contribution >= 0.6 is 47.0 Å². The highest BCUT2D eigenvalue weighted by molar-refractivity contribution is 7.81. The zero-order valence-corrected chi connectivity index (χ0v) is 9.38. The van der Waals surface area contributed by atoms with Gasteiger partial charge in [-0.25, -0.2) is 0 Å². The van der Waals surface area contributed by atoms with E-state index in [0.29, 0.717) is 15.6 Å². The molecule has 0 aromatic heterocycles. The van der Waals surface area contributed by atoms with Gasteiger partial charge in [-0.3, -0.25) is 0 Å². The summed E-state index contributed by atoms with van der Waals surface area (Å²) >= 11 is 21.8. The van der Waals surface area contributed by atoms with Gasteiger partial charge < -0.3 is 5.11 Å². The molecule has 0 amide bonds. The van der Waals surface area contributed by atoms with Crippen LogP contribution in [0.15, 0.2) is 18.2 Å². The molecule has 0 fully saturated rings. The summed E-state index contributed by atoms with van der Waals surface area (Å²) in [6.45, 7) is 0. The van der Waals surface area contributed by atoms with Gasteiger partial charge in [0.2, 0.25) is 0 Å². The quantitative estimate of drug-likeness (QED) is 0.497. The molecule has 1 aromatic rings. The van der Waals surface area contributed by atoms with E-state index in [-0.39, 0.29) is 4.86 Å². The third-order valence-corrected chi connectivity index (χ3v) is 2.77. The van der Waals surface area contributed by atoms with E-state index in [0.717, 1.165) is 0 Å². The van der Waals surface area contributed by atoms with E-state index in [9.17, 15) is 0 Å². The van der Waals surface area contributed by atoms with Crippen molar-refractivity contribution >= 4 is 51.9 Å². The lowest BCUT2D eigenvalue weighted by molar-refractivity contribution is 0.322. The molecule has 0 spiro atoms. The van der Waals surface area contributed by atoms with Crippen molar-refractivity contribution in [2.24, 2.45) is 0 Å². The first-order chi connectivity index (χ1) is 6.02. The topological polar surface area (TPSA) is 20.2 Å². The lowest BCUT2D eigenvalue weighted by Gasteiger charge is -2.07. The van der Waals surface area contributed by atoms with Gasteiger partial charge in [-0.2, -0.15) is 0 Å². The molecule has 0 aliphatic rings. The van der Waals surface area contributed by atoms with Crippen LogP contribution in [-0.4, -0.2) is 15.5 Å². The van der Waals surface area contributed by atoms with E-state index in [1.54, 1.807) is 18.2 Å². The summed E-state index contributed by atoms with van der Waals surface area (Å²) in [5.41, 5.74) is -0.724. The molecule has 0 heterocycles. The molecule has 0 aliphatic carbocycles. The lowest BCUT2D eigenvalue weighted by atomic mass is 10.1. The Kier molecular flexibility index (Phi) is 3.95. The second kappa shape index (κ2) is 4.58. The molecule has 1 unspecified atom stereocenters. The molecule has 0 radical (unpaired) electrons. The molecule has 1 nitrogen and oxygen atoms in total. The van der Waals surface area contributed by atoms with E-state index in [2.05, 4.69) is 0 Å². The summed E-state index contributed by atoms with van der Waals surface area (Å²) in [5.74, 6) is 0. The van der Waals surface area contributed by atoms with Crippen molar-refractivity contribution < 1.29 is 5.11 Å². The number of rotatable bonds is 2. The average molecular weight is 256 g/mol. The van der Waals surface area contributed by atoms with Crippen LogP contribution in [0.2, 0.25) is 10.0 Å². The number of benzene rings is 1. The van der Waals surface area contributed by atoms with Gasteiger partial charge in [0.05, 0.1) is 4.86 Å². The first-order valence-electron chi connectivity index (χ1n) is 3.34. The van der Waals surface area contributed by atoms with Gasteiger partial charge in [0.25, 0.3) is 0 Å². The minimum absolute atomic E-state index is 0.175. The molecule has 1 rings (SSSR count). The Hall–Kier alpha value is 0.140. The fourth-order valence-electron chi connectivity index (χ4n) is 0.815. The summed E-state index contributed by atoms with van der Waals surface area (Å²) < 4.78 is 0. The van der Waals surface area contributed by atoms with Crippen molar-refractivity contribution in [1.29, 1.82) is 0 Å². The van der Waals surface area contributed by atoms with Gasteiger partial charge >= 0.3 is 0 Å². The summed E-state index contributed by atoms with van der Waals surface area (Å²) in [5, 5.41) is 9.94. The molecular weight excluding hydrogens is 251 g/mol. The molecule has 70 valence electrons. The van der Waals surface area contributed by atoms with Crippen LogP contribution in [0.4, 0.5) is 0 Å². The van der Waals surface area contributed by atoms with Crippen molar-refractivity contribution in [3.05, 3.63) is 33.8 Å². The van der Waals surface area contributed by atoms with E-state index in [1.807, 2.05) is 0 Å². The van der Waals surface area contributed by atoms with Crippen LogP contribution in [0.3, 0.4) is 0 Å².